The number of aliphatic hydroxyl groups excluding tert-OH is 1. The van der Waals surface area contributed by atoms with Gasteiger partial charge in [0.1, 0.15) is 17.0 Å². The molecule has 4 aliphatic carbocycles. The third-order valence-electron chi connectivity index (χ3n) is 9.45. The monoisotopic (exact) mass is 521 g/mol. The highest BCUT2D eigenvalue weighted by Crippen LogP contribution is 2.59. The summed E-state index contributed by atoms with van der Waals surface area (Å²) in [6, 6.07) is 5.40. The topological polar surface area (TPSA) is 116 Å². The van der Waals surface area contributed by atoms with Crippen LogP contribution in [-0.4, -0.2) is 69.9 Å². The minimum absolute atomic E-state index is 0.0335. The first-order chi connectivity index (χ1) is 18.4. The molecule has 204 valence electrons. The van der Waals surface area contributed by atoms with Gasteiger partial charge in [-0.3, -0.25) is 18.8 Å². The lowest BCUT2D eigenvalue weighted by molar-refractivity contribution is -0.126. The molecule has 2 aromatic rings. The van der Waals surface area contributed by atoms with E-state index < -0.39 is 0 Å². The first kappa shape index (κ1) is 25.3. The van der Waals surface area contributed by atoms with Gasteiger partial charge in [0.05, 0.1) is 5.92 Å². The SMILES string of the molecule is O=C(NCC12CC3CC(CC(C3)C1)C2)c1cccc2nc(C(=O)N3CCCC(C(=O)NCCCO)C3)cn12. The molecule has 1 aliphatic heterocycles. The zero-order valence-corrected chi connectivity index (χ0v) is 22.0. The highest BCUT2D eigenvalue weighted by Gasteiger charge is 2.50. The molecule has 9 heteroatoms. The summed E-state index contributed by atoms with van der Waals surface area (Å²) in [7, 11) is 0. The number of piperidine rings is 1. The Hall–Kier alpha value is -2.94. The number of carbonyl (C=O) groups is 3. The van der Waals surface area contributed by atoms with E-state index in [1.54, 1.807) is 27.6 Å². The van der Waals surface area contributed by atoms with E-state index in [-0.39, 0.29) is 41.4 Å². The quantitative estimate of drug-likeness (QED) is 0.462. The largest absolute Gasteiger partial charge is 0.396 e. The van der Waals surface area contributed by atoms with Crippen LogP contribution in [0.5, 0.6) is 0 Å². The number of likely N-dealkylation sites (tertiary alicyclic amines) is 1. The van der Waals surface area contributed by atoms with Crippen molar-refractivity contribution in [1.29, 1.82) is 0 Å². The minimum atomic E-state index is -0.269. The molecule has 1 atom stereocenters. The van der Waals surface area contributed by atoms with Crippen LogP contribution < -0.4 is 10.6 Å². The third kappa shape index (κ3) is 4.93. The first-order valence-electron chi connectivity index (χ1n) is 14.4. The number of aliphatic hydroxyl groups is 1. The zero-order chi connectivity index (χ0) is 26.3. The normalized spacial score (nSPS) is 30.0. The van der Waals surface area contributed by atoms with Gasteiger partial charge in [-0.1, -0.05) is 6.07 Å². The van der Waals surface area contributed by atoms with Crippen molar-refractivity contribution < 1.29 is 19.5 Å². The van der Waals surface area contributed by atoms with Crippen molar-refractivity contribution in [3.05, 3.63) is 35.8 Å². The third-order valence-corrected chi connectivity index (χ3v) is 9.45. The molecule has 4 saturated carbocycles. The summed E-state index contributed by atoms with van der Waals surface area (Å²) in [5.41, 5.74) is 1.58. The second-order valence-electron chi connectivity index (χ2n) is 12.3. The second kappa shape index (κ2) is 10.3. The van der Waals surface area contributed by atoms with Crippen molar-refractivity contribution in [1.82, 2.24) is 24.9 Å². The van der Waals surface area contributed by atoms with Crippen LogP contribution in [0.4, 0.5) is 0 Å². The van der Waals surface area contributed by atoms with Crippen molar-refractivity contribution in [3.8, 4) is 0 Å². The maximum atomic E-state index is 13.3. The summed E-state index contributed by atoms with van der Waals surface area (Å²) in [6.07, 6.45) is 11.5. The molecule has 5 aliphatic rings. The van der Waals surface area contributed by atoms with E-state index in [2.05, 4.69) is 15.6 Å². The predicted octanol–water partition coefficient (Wildman–Crippen LogP) is 2.63. The molecular weight excluding hydrogens is 482 g/mol. The molecule has 5 fully saturated rings. The molecule has 4 bridgehead atoms. The lowest BCUT2D eigenvalue weighted by atomic mass is 9.49. The van der Waals surface area contributed by atoms with E-state index in [1.807, 2.05) is 6.07 Å². The van der Waals surface area contributed by atoms with Crippen LogP contribution in [-0.2, 0) is 4.79 Å². The van der Waals surface area contributed by atoms with Crippen LogP contribution in [0.25, 0.3) is 5.65 Å². The van der Waals surface area contributed by atoms with Crippen LogP contribution in [0.3, 0.4) is 0 Å². The Bertz CT molecular complexity index is 1190. The average Bonchev–Trinajstić information content (AvgIpc) is 3.35. The molecular formula is C29H39N5O4. The summed E-state index contributed by atoms with van der Waals surface area (Å²) in [5.74, 6) is 1.82. The molecule has 1 unspecified atom stereocenters. The maximum absolute atomic E-state index is 13.3. The number of carbonyl (C=O) groups excluding carboxylic acids is 3. The number of rotatable bonds is 8. The second-order valence-corrected chi connectivity index (χ2v) is 12.3. The predicted molar refractivity (Wildman–Crippen MR) is 141 cm³/mol. The van der Waals surface area contributed by atoms with Gasteiger partial charge in [-0.2, -0.15) is 0 Å². The fraction of sp³-hybridized carbons (Fsp3) is 0.655. The van der Waals surface area contributed by atoms with Crippen molar-refractivity contribution in [2.75, 3.05) is 32.8 Å². The van der Waals surface area contributed by atoms with Crippen LogP contribution >= 0.6 is 0 Å². The summed E-state index contributed by atoms with van der Waals surface area (Å²) >= 11 is 0. The first-order valence-corrected chi connectivity index (χ1v) is 14.4. The molecule has 2 aromatic heterocycles. The Labute approximate surface area is 223 Å². The summed E-state index contributed by atoms with van der Waals surface area (Å²) in [4.78, 5) is 45.4. The molecule has 38 heavy (non-hydrogen) atoms. The number of pyridine rings is 1. The van der Waals surface area contributed by atoms with Gasteiger partial charge in [0.25, 0.3) is 11.8 Å². The van der Waals surface area contributed by atoms with Crippen molar-refractivity contribution in [2.45, 2.75) is 57.8 Å². The van der Waals surface area contributed by atoms with Gasteiger partial charge in [0, 0.05) is 39.0 Å². The Morgan fingerprint density at radius 3 is 2.50 bits per heavy atom. The van der Waals surface area contributed by atoms with Crippen molar-refractivity contribution in [2.24, 2.45) is 29.1 Å². The van der Waals surface area contributed by atoms with E-state index in [9.17, 15) is 14.4 Å². The number of amides is 3. The van der Waals surface area contributed by atoms with Crippen LogP contribution in [0.2, 0.25) is 0 Å². The molecule has 7 rings (SSSR count). The standard InChI is InChI=1S/C29H39N5O4/c35-9-3-7-30-26(36)22-4-2-8-33(16-22)28(38)23-17-34-24(5-1-6-25(34)32-23)27(37)31-18-29-13-19-10-20(14-29)12-21(11-19)15-29/h1,5-6,17,19-22,35H,2-4,7-16,18H2,(H,30,36)(H,31,37). The van der Waals surface area contributed by atoms with E-state index in [1.165, 1.54) is 38.5 Å². The fourth-order valence-electron chi connectivity index (χ4n) is 8.14. The fourth-order valence-corrected chi connectivity index (χ4v) is 8.14. The van der Waals surface area contributed by atoms with Gasteiger partial charge in [0.15, 0.2) is 0 Å². The van der Waals surface area contributed by atoms with Crippen LogP contribution in [0.1, 0.15) is 78.8 Å². The van der Waals surface area contributed by atoms with Gasteiger partial charge in [-0.05, 0) is 93.1 Å². The number of imidazole rings is 1. The van der Waals surface area contributed by atoms with Crippen molar-refractivity contribution >= 4 is 23.4 Å². The zero-order valence-electron chi connectivity index (χ0n) is 22.0. The molecule has 3 heterocycles. The summed E-state index contributed by atoms with van der Waals surface area (Å²) < 4.78 is 1.71. The van der Waals surface area contributed by atoms with Gasteiger partial charge < -0.3 is 20.6 Å². The number of fused-ring (bicyclic) bond motifs is 1. The van der Waals surface area contributed by atoms with E-state index >= 15 is 0 Å². The molecule has 0 radical (unpaired) electrons. The molecule has 9 nitrogen and oxygen atoms in total. The Balaban J connectivity index is 1.13. The molecule has 3 amide bonds. The van der Waals surface area contributed by atoms with Crippen LogP contribution in [0, 0.1) is 29.1 Å². The van der Waals surface area contributed by atoms with Gasteiger partial charge >= 0.3 is 0 Å². The molecule has 3 N–H and O–H groups in total. The van der Waals surface area contributed by atoms with E-state index in [0.717, 1.165) is 37.1 Å². The number of nitrogens with zero attached hydrogens (tertiary/aromatic N) is 3. The lowest BCUT2D eigenvalue weighted by Crippen LogP contribution is -2.51. The smallest absolute Gasteiger partial charge is 0.274 e. The Kier molecular flexibility index (Phi) is 6.88. The molecule has 1 saturated heterocycles. The molecule has 0 aromatic carbocycles. The van der Waals surface area contributed by atoms with Crippen molar-refractivity contribution in [3.63, 3.8) is 0 Å². The van der Waals surface area contributed by atoms with Gasteiger partial charge in [-0.25, -0.2) is 4.98 Å². The Morgan fingerprint density at radius 1 is 1.05 bits per heavy atom. The molecule has 0 spiro atoms. The highest BCUT2D eigenvalue weighted by atomic mass is 16.3. The van der Waals surface area contributed by atoms with Gasteiger partial charge in [-0.15, -0.1) is 0 Å². The Morgan fingerprint density at radius 2 is 1.79 bits per heavy atom. The lowest BCUT2D eigenvalue weighted by Gasteiger charge is -2.56. The number of hydrogen-bond acceptors (Lipinski definition) is 5. The minimum Gasteiger partial charge on any atom is -0.396 e. The number of aromatic nitrogens is 2. The van der Waals surface area contributed by atoms with Crippen LogP contribution in [0.15, 0.2) is 24.4 Å². The summed E-state index contributed by atoms with van der Waals surface area (Å²) in [5, 5.41) is 15.0. The number of nitrogens with one attached hydrogen (secondary N) is 2. The number of hydrogen-bond donors (Lipinski definition) is 3. The highest BCUT2D eigenvalue weighted by molar-refractivity contribution is 5.96. The summed E-state index contributed by atoms with van der Waals surface area (Å²) in [6.45, 7) is 2.11. The van der Waals surface area contributed by atoms with E-state index in [0.29, 0.717) is 37.4 Å². The van der Waals surface area contributed by atoms with E-state index in [4.69, 9.17) is 5.11 Å². The maximum Gasteiger partial charge on any atom is 0.274 e. The van der Waals surface area contributed by atoms with Gasteiger partial charge in [0.2, 0.25) is 5.91 Å². The average molecular weight is 522 g/mol.